The summed E-state index contributed by atoms with van der Waals surface area (Å²) < 4.78 is 13.0. The number of halogens is 2. The topological polar surface area (TPSA) is 44.5 Å². The second-order valence-electron chi connectivity index (χ2n) is 5.29. The average Bonchev–Trinajstić information content (AvgIpc) is 2.50. The van der Waals surface area contributed by atoms with Crippen molar-refractivity contribution in [1.82, 2.24) is 0 Å². The van der Waals surface area contributed by atoms with E-state index in [2.05, 4.69) is 45.7 Å². The summed E-state index contributed by atoms with van der Waals surface area (Å²) in [5.41, 5.74) is 7.54. The number of hydrogen-bond donors (Lipinski definition) is 1. The minimum absolute atomic E-state index is 0.331. The Morgan fingerprint density at radius 2 is 1.74 bits per heavy atom. The van der Waals surface area contributed by atoms with Crippen LogP contribution in [0.3, 0.4) is 0 Å². The number of nitrogens with two attached hydrogens (primary N) is 1. The van der Waals surface area contributed by atoms with E-state index in [1.54, 1.807) is 7.11 Å². The highest BCUT2D eigenvalue weighted by atomic mass is 79.9. The standard InChI is InChI=1S/C17H17Br2NO2S/c1-9(2)12-8-11(4-5-15(12)21-3)22-16-13(18)6-10(17(20)23)7-14(16)19/h4-9H,1-3H3,(H2,20,23). The molecule has 0 radical (unpaired) electrons. The van der Waals surface area contributed by atoms with Crippen LogP contribution < -0.4 is 15.2 Å². The van der Waals surface area contributed by atoms with Crippen LogP contribution in [-0.2, 0) is 0 Å². The third kappa shape index (κ3) is 4.25. The maximum atomic E-state index is 6.03. The molecule has 2 N–H and O–H groups in total. The lowest BCUT2D eigenvalue weighted by Gasteiger charge is -2.16. The maximum absolute atomic E-state index is 6.03. The van der Waals surface area contributed by atoms with Crippen LogP contribution in [0.15, 0.2) is 39.3 Å². The van der Waals surface area contributed by atoms with E-state index in [1.807, 2.05) is 30.3 Å². The van der Waals surface area contributed by atoms with Crippen LogP contribution >= 0.6 is 44.1 Å². The zero-order valence-electron chi connectivity index (χ0n) is 13.0. The smallest absolute Gasteiger partial charge is 0.155 e. The van der Waals surface area contributed by atoms with Crippen molar-refractivity contribution in [2.24, 2.45) is 5.73 Å². The van der Waals surface area contributed by atoms with Gasteiger partial charge in [-0.05, 0) is 68.1 Å². The zero-order valence-corrected chi connectivity index (χ0v) is 17.0. The molecule has 0 amide bonds. The molecule has 0 aliphatic carbocycles. The molecule has 0 aliphatic rings. The molecule has 23 heavy (non-hydrogen) atoms. The quantitative estimate of drug-likeness (QED) is 0.577. The number of methoxy groups -OCH3 is 1. The summed E-state index contributed by atoms with van der Waals surface area (Å²) in [5.74, 6) is 2.59. The second-order valence-corrected chi connectivity index (χ2v) is 7.44. The summed E-state index contributed by atoms with van der Waals surface area (Å²) in [6.07, 6.45) is 0. The summed E-state index contributed by atoms with van der Waals surface area (Å²) in [7, 11) is 1.67. The van der Waals surface area contributed by atoms with Gasteiger partial charge in [0, 0.05) is 11.1 Å². The van der Waals surface area contributed by atoms with E-state index in [9.17, 15) is 0 Å². The fourth-order valence-corrected chi connectivity index (χ4v) is 3.61. The van der Waals surface area contributed by atoms with E-state index >= 15 is 0 Å². The van der Waals surface area contributed by atoms with E-state index in [0.717, 1.165) is 31.6 Å². The van der Waals surface area contributed by atoms with E-state index in [1.165, 1.54) is 0 Å². The molecule has 0 aromatic heterocycles. The van der Waals surface area contributed by atoms with Crippen molar-refractivity contribution < 1.29 is 9.47 Å². The summed E-state index contributed by atoms with van der Waals surface area (Å²) >= 11 is 12.0. The van der Waals surface area contributed by atoms with E-state index < -0.39 is 0 Å². The molecule has 0 aliphatic heterocycles. The van der Waals surface area contributed by atoms with E-state index in [0.29, 0.717) is 16.7 Å². The monoisotopic (exact) mass is 457 g/mol. The normalized spacial score (nSPS) is 10.7. The molecule has 0 saturated carbocycles. The molecule has 0 heterocycles. The first-order valence-corrected chi connectivity index (χ1v) is 8.97. The largest absolute Gasteiger partial charge is 0.496 e. The highest BCUT2D eigenvalue weighted by Gasteiger charge is 2.14. The molecule has 0 bridgehead atoms. The van der Waals surface area contributed by atoms with Crippen LogP contribution in [0.5, 0.6) is 17.2 Å². The second kappa shape index (κ2) is 7.64. The molecule has 6 heteroatoms. The van der Waals surface area contributed by atoms with Gasteiger partial charge in [0.15, 0.2) is 5.75 Å². The molecule has 2 aromatic carbocycles. The lowest BCUT2D eigenvalue weighted by atomic mass is 10.0. The summed E-state index contributed by atoms with van der Waals surface area (Å²) in [4.78, 5) is 0.337. The summed E-state index contributed by atoms with van der Waals surface area (Å²) in [5, 5.41) is 0. The Morgan fingerprint density at radius 1 is 1.13 bits per heavy atom. The highest BCUT2D eigenvalue weighted by Crippen LogP contribution is 2.39. The SMILES string of the molecule is COc1ccc(Oc2c(Br)cc(C(N)=S)cc2Br)cc1C(C)C. The Bertz CT molecular complexity index is 724. The number of benzene rings is 2. The van der Waals surface area contributed by atoms with Crippen molar-refractivity contribution in [3.05, 3.63) is 50.4 Å². The van der Waals surface area contributed by atoms with Crippen LogP contribution in [0.1, 0.15) is 30.9 Å². The molecular weight excluding hydrogens is 442 g/mol. The number of hydrogen-bond acceptors (Lipinski definition) is 3. The number of ether oxygens (including phenoxy) is 2. The molecule has 0 fully saturated rings. The fourth-order valence-electron chi connectivity index (χ4n) is 2.14. The van der Waals surface area contributed by atoms with Gasteiger partial charge in [0.1, 0.15) is 16.5 Å². The Hall–Kier alpha value is -1.11. The van der Waals surface area contributed by atoms with Gasteiger partial charge >= 0.3 is 0 Å². The number of thiocarbonyl (C=S) groups is 1. The summed E-state index contributed by atoms with van der Waals surface area (Å²) in [6, 6.07) is 9.47. The predicted molar refractivity (Wildman–Crippen MR) is 105 cm³/mol. The van der Waals surface area contributed by atoms with Gasteiger partial charge in [-0.2, -0.15) is 0 Å². The van der Waals surface area contributed by atoms with Crippen molar-refractivity contribution in [1.29, 1.82) is 0 Å². The lowest BCUT2D eigenvalue weighted by Crippen LogP contribution is -2.09. The summed E-state index contributed by atoms with van der Waals surface area (Å²) in [6.45, 7) is 4.23. The average molecular weight is 459 g/mol. The van der Waals surface area contributed by atoms with Gasteiger partial charge in [-0.15, -0.1) is 0 Å². The first-order chi connectivity index (χ1) is 10.8. The molecule has 0 unspecified atom stereocenters. The molecule has 2 aromatic rings. The highest BCUT2D eigenvalue weighted by molar-refractivity contribution is 9.11. The zero-order chi connectivity index (χ0) is 17.1. The van der Waals surface area contributed by atoms with Crippen LogP contribution in [0.25, 0.3) is 0 Å². The Balaban J connectivity index is 2.40. The van der Waals surface area contributed by atoms with Crippen LogP contribution in [-0.4, -0.2) is 12.1 Å². The van der Waals surface area contributed by atoms with Crippen molar-refractivity contribution in [3.63, 3.8) is 0 Å². The first-order valence-electron chi connectivity index (χ1n) is 6.98. The molecule has 0 atom stereocenters. The van der Waals surface area contributed by atoms with Gasteiger partial charge < -0.3 is 15.2 Å². The van der Waals surface area contributed by atoms with Gasteiger partial charge in [-0.3, -0.25) is 0 Å². The third-order valence-corrected chi connectivity index (χ3v) is 4.74. The predicted octanol–water partition coefficient (Wildman–Crippen LogP) is 5.77. The van der Waals surface area contributed by atoms with Gasteiger partial charge in [-0.1, -0.05) is 26.1 Å². The first kappa shape index (κ1) is 18.2. The van der Waals surface area contributed by atoms with E-state index in [4.69, 9.17) is 27.4 Å². The lowest BCUT2D eigenvalue weighted by molar-refractivity contribution is 0.405. The Morgan fingerprint density at radius 3 is 2.22 bits per heavy atom. The minimum Gasteiger partial charge on any atom is -0.496 e. The van der Waals surface area contributed by atoms with Gasteiger partial charge in [0.25, 0.3) is 0 Å². The van der Waals surface area contributed by atoms with Crippen molar-refractivity contribution in [2.75, 3.05) is 7.11 Å². The maximum Gasteiger partial charge on any atom is 0.155 e. The van der Waals surface area contributed by atoms with Gasteiger partial charge in [0.05, 0.1) is 16.1 Å². The molecule has 3 nitrogen and oxygen atoms in total. The van der Waals surface area contributed by atoms with Crippen molar-refractivity contribution in [2.45, 2.75) is 19.8 Å². The number of rotatable bonds is 5. The molecular formula is C17H17Br2NO2S. The Labute approximate surface area is 158 Å². The van der Waals surface area contributed by atoms with Crippen LogP contribution in [0.4, 0.5) is 0 Å². The third-order valence-electron chi connectivity index (χ3n) is 3.33. The van der Waals surface area contributed by atoms with Crippen LogP contribution in [0.2, 0.25) is 0 Å². The molecule has 122 valence electrons. The molecule has 2 rings (SSSR count). The van der Waals surface area contributed by atoms with Crippen molar-refractivity contribution >= 4 is 49.1 Å². The Kier molecular flexibility index (Phi) is 6.06. The minimum atomic E-state index is 0.331. The van der Waals surface area contributed by atoms with Gasteiger partial charge in [0.2, 0.25) is 0 Å². The van der Waals surface area contributed by atoms with Gasteiger partial charge in [-0.25, -0.2) is 0 Å². The van der Waals surface area contributed by atoms with Crippen LogP contribution in [0, 0.1) is 0 Å². The molecule has 0 spiro atoms. The molecule has 0 saturated heterocycles. The van der Waals surface area contributed by atoms with Crippen molar-refractivity contribution in [3.8, 4) is 17.2 Å². The fraction of sp³-hybridized carbons (Fsp3) is 0.235. The van der Waals surface area contributed by atoms with E-state index in [-0.39, 0.29) is 0 Å².